The van der Waals surface area contributed by atoms with Gasteiger partial charge in [0.15, 0.2) is 5.76 Å². The quantitative estimate of drug-likeness (QED) is 0.825. The molecule has 5 heteroatoms. The standard InChI is InChI=1S/C22H28N2O2.ClH/c1-22(2,3)16-7-4-14(5-8-16)19-10-11-20(26-19)21(25)24-12-15-6-9-18(23)17(15)13-24;/h4-5,7-8,10-11,15,17-18H,6,9,12-13,23H2,1-3H3;1H. The average Bonchev–Trinajstić information content (AvgIpc) is 3.31. The molecule has 1 aliphatic heterocycles. The second-order valence-corrected chi connectivity index (χ2v) is 8.87. The first-order chi connectivity index (χ1) is 12.3. The van der Waals surface area contributed by atoms with Gasteiger partial charge in [-0.2, -0.15) is 0 Å². The van der Waals surface area contributed by atoms with Crippen LogP contribution in [0.1, 0.15) is 49.7 Å². The fourth-order valence-electron chi connectivity index (χ4n) is 4.37. The van der Waals surface area contributed by atoms with E-state index in [4.69, 9.17) is 10.2 Å². The van der Waals surface area contributed by atoms with Gasteiger partial charge in [-0.15, -0.1) is 12.4 Å². The van der Waals surface area contributed by atoms with Crippen molar-refractivity contribution in [3.63, 3.8) is 0 Å². The third-order valence-corrected chi connectivity index (χ3v) is 6.05. The van der Waals surface area contributed by atoms with E-state index >= 15 is 0 Å². The van der Waals surface area contributed by atoms with Gasteiger partial charge in [-0.1, -0.05) is 45.0 Å². The Labute approximate surface area is 167 Å². The molecule has 27 heavy (non-hydrogen) atoms. The molecule has 2 heterocycles. The molecule has 4 nitrogen and oxygen atoms in total. The number of carbonyl (C=O) groups excluding carboxylic acids is 1. The molecule has 0 spiro atoms. The van der Waals surface area contributed by atoms with Crippen LogP contribution >= 0.6 is 12.4 Å². The van der Waals surface area contributed by atoms with Gasteiger partial charge in [0.25, 0.3) is 5.91 Å². The van der Waals surface area contributed by atoms with Crippen LogP contribution in [0.25, 0.3) is 11.3 Å². The first-order valence-corrected chi connectivity index (χ1v) is 9.58. The lowest BCUT2D eigenvalue weighted by atomic mass is 9.86. The molecule has 2 aliphatic rings. The van der Waals surface area contributed by atoms with Crippen molar-refractivity contribution in [1.82, 2.24) is 4.90 Å². The molecule has 146 valence electrons. The van der Waals surface area contributed by atoms with Crippen molar-refractivity contribution < 1.29 is 9.21 Å². The topological polar surface area (TPSA) is 59.5 Å². The van der Waals surface area contributed by atoms with E-state index in [1.54, 1.807) is 6.07 Å². The molecule has 3 atom stereocenters. The van der Waals surface area contributed by atoms with Gasteiger partial charge in [0.05, 0.1) is 0 Å². The number of hydrogen-bond acceptors (Lipinski definition) is 3. The van der Waals surface area contributed by atoms with E-state index in [9.17, 15) is 4.79 Å². The summed E-state index contributed by atoms with van der Waals surface area (Å²) in [5, 5.41) is 0. The molecule has 2 N–H and O–H groups in total. The van der Waals surface area contributed by atoms with Gasteiger partial charge in [0.2, 0.25) is 0 Å². The molecule has 0 bridgehead atoms. The molecule has 1 aliphatic carbocycles. The number of likely N-dealkylation sites (tertiary alicyclic amines) is 1. The van der Waals surface area contributed by atoms with Crippen molar-refractivity contribution in [3.8, 4) is 11.3 Å². The van der Waals surface area contributed by atoms with Crippen LogP contribution in [0.4, 0.5) is 0 Å². The number of benzene rings is 1. The molecule has 1 amide bonds. The Morgan fingerprint density at radius 2 is 1.78 bits per heavy atom. The van der Waals surface area contributed by atoms with Crippen LogP contribution < -0.4 is 5.73 Å². The van der Waals surface area contributed by atoms with E-state index in [1.807, 2.05) is 11.0 Å². The number of amides is 1. The SMILES string of the molecule is CC(C)(C)c1ccc(-c2ccc(C(=O)N3CC4CCC(N)C4C3)o2)cc1.Cl. The first-order valence-electron chi connectivity index (χ1n) is 9.58. The largest absolute Gasteiger partial charge is 0.451 e. The number of hydrogen-bond donors (Lipinski definition) is 1. The normalized spacial score (nSPS) is 24.6. The minimum Gasteiger partial charge on any atom is -0.451 e. The van der Waals surface area contributed by atoms with E-state index in [0.29, 0.717) is 17.6 Å². The van der Waals surface area contributed by atoms with Gasteiger partial charge in [-0.05, 0) is 47.8 Å². The Hall–Kier alpha value is -1.78. The van der Waals surface area contributed by atoms with Crippen LogP contribution in [0.15, 0.2) is 40.8 Å². The molecule has 2 fully saturated rings. The Morgan fingerprint density at radius 1 is 1.07 bits per heavy atom. The molecule has 2 aromatic rings. The number of nitrogens with two attached hydrogens (primary N) is 1. The zero-order chi connectivity index (χ0) is 18.5. The maximum Gasteiger partial charge on any atom is 0.289 e. The second-order valence-electron chi connectivity index (χ2n) is 8.87. The maximum atomic E-state index is 12.8. The number of nitrogens with zero attached hydrogens (tertiary/aromatic N) is 1. The van der Waals surface area contributed by atoms with Gasteiger partial charge in [-0.25, -0.2) is 0 Å². The lowest BCUT2D eigenvalue weighted by Gasteiger charge is -2.19. The van der Waals surface area contributed by atoms with Gasteiger partial charge >= 0.3 is 0 Å². The highest BCUT2D eigenvalue weighted by Gasteiger charge is 2.43. The summed E-state index contributed by atoms with van der Waals surface area (Å²) < 4.78 is 5.90. The third-order valence-electron chi connectivity index (χ3n) is 6.05. The van der Waals surface area contributed by atoms with Crippen LogP contribution in [-0.4, -0.2) is 29.9 Å². The Morgan fingerprint density at radius 3 is 2.41 bits per heavy atom. The predicted octanol–water partition coefficient (Wildman–Crippen LogP) is 4.48. The van der Waals surface area contributed by atoms with Gasteiger partial charge in [0, 0.05) is 24.7 Å². The molecular weight excluding hydrogens is 360 g/mol. The molecule has 3 unspecified atom stereocenters. The van der Waals surface area contributed by atoms with Gasteiger partial charge in [-0.3, -0.25) is 4.79 Å². The minimum atomic E-state index is -0.0100. The number of carbonyl (C=O) groups is 1. The van der Waals surface area contributed by atoms with Crippen molar-refractivity contribution in [2.24, 2.45) is 17.6 Å². The predicted molar refractivity (Wildman–Crippen MR) is 110 cm³/mol. The number of halogens is 1. The summed E-state index contributed by atoms with van der Waals surface area (Å²) in [6, 6.07) is 12.3. The molecular formula is C22H29ClN2O2. The van der Waals surface area contributed by atoms with Crippen molar-refractivity contribution in [2.75, 3.05) is 13.1 Å². The minimum absolute atomic E-state index is 0. The highest BCUT2D eigenvalue weighted by Crippen LogP contribution is 2.38. The van der Waals surface area contributed by atoms with E-state index in [1.165, 1.54) is 5.56 Å². The zero-order valence-corrected chi connectivity index (χ0v) is 17.1. The third kappa shape index (κ3) is 3.78. The van der Waals surface area contributed by atoms with E-state index in [0.717, 1.165) is 37.3 Å². The fraction of sp³-hybridized carbons (Fsp3) is 0.500. The van der Waals surface area contributed by atoms with Crippen molar-refractivity contribution in [1.29, 1.82) is 0 Å². The molecule has 1 saturated heterocycles. The summed E-state index contributed by atoms with van der Waals surface area (Å²) in [6.45, 7) is 8.17. The van der Waals surface area contributed by atoms with Gasteiger partial charge in [0.1, 0.15) is 5.76 Å². The van der Waals surface area contributed by atoms with Crippen LogP contribution in [-0.2, 0) is 5.41 Å². The highest BCUT2D eigenvalue weighted by molar-refractivity contribution is 5.92. The molecule has 1 aromatic heterocycles. The summed E-state index contributed by atoms with van der Waals surface area (Å²) in [5.74, 6) is 2.18. The molecule has 1 saturated carbocycles. The van der Waals surface area contributed by atoms with Crippen LogP contribution in [0.2, 0.25) is 0 Å². The summed E-state index contributed by atoms with van der Waals surface area (Å²) in [4.78, 5) is 14.7. The van der Waals surface area contributed by atoms with Crippen molar-refractivity contribution in [3.05, 3.63) is 47.7 Å². The van der Waals surface area contributed by atoms with E-state index < -0.39 is 0 Å². The lowest BCUT2D eigenvalue weighted by Crippen LogP contribution is -2.33. The molecule has 1 aromatic carbocycles. The van der Waals surface area contributed by atoms with Crippen LogP contribution in [0.5, 0.6) is 0 Å². The zero-order valence-electron chi connectivity index (χ0n) is 16.3. The Kier molecular flexibility index (Phi) is 5.42. The smallest absolute Gasteiger partial charge is 0.289 e. The summed E-state index contributed by atoms with van der Waals surface area (Å²) >= 11 is 0. The van der Waals surface area contributed by atoms with Crippen molar-refractivity contribution >= 4 is 18.3 Å². The second kappa shape index (κ2) is 7.33. The van der Waals surface area contributed by atoms with Crippen molar-refractivity contribution in [2.45, 2.75) is 45.1 Å². The van der Waals surface area contributed by atoms with Crippen LogP contribution in [0, 0.1) is 11.8 Å². The van der Waals surface area contributed by atoms with Crippen LogP contribution in [0.3, 0.4) is 0 Å². The summed E-state index contributed by atoms with van der Waals surface area (Å²) in [7, 11) is 0. The van der Waals surface area contributed by atoms with Gasteiger partial charge < -0.3 is 15.1 Å². The maximum absolute atomic E-state index is 12.8. The first kappa shape index (κ1) is 20.0. The van der Waals surface area contributed by atoms with E-state index in [-0.39, 0.29) is 29.8 Å². The molecule has 0 radical (unpaired) electrons. The number of furan rings is 1. The number of fused-ring (bicyclic) bond motifs is 1. The molecule has 4 rings (SSSR count). The Balaban J connectivity index is 0.00000210. The monoisotopic (exact) mass is 388 g/mol. The highest BCUT2D eigenvalue weighted by atomic mass is 35.5. The number of rotatable bonds is 2. The average molecular weight is 389 g/mol. The summed E-state index contributed by atoms with van der Waals surface area (Å²) in [6.07, 6.45) is 2.23. The lowest BCUT2D eigenvalue weighted by molar-refractivity contribution is 0.0749. The Bertz CT molecular complexity index is 806. The fourth-order valence-corrected chi connectivity index (χ4v) is 4.37. The van der Waals surface area contributed by atoms with E-state index in [2.05, 4.69) is 45.0 Å². The summed E-state index contributed by atoms with van der Waals surface area (Å²) in [5.41, 5.74) is 8.58.